The van der Waals surface area contributed by atoms with Gasteiger partial charge in [0, 0.05) is 39.7 Å². The third-order valence-electron chi connectivity index (χ3n) is 9.97. The normalized spacial score (nSPS) is 11.6. The van der Waals surface area contributed by atoms with Crippen molar-refractivity contribution in [1.29, 1.82) is 0 Å². The smallest absolute Gasteiger partial charge is 0.137 e. The molecule has 0 N–H and O–H groups in total. The predicted octanol–water partition coefficient (Wildman–Crippen LogP) is 10.9. The summed E-state index contributed by atoms with van der Waals surface area (Å²) >= 11 is 0. The standard InChI is InChI=1S/C48H32N3P/c1-3-15-36(16-4-1)52(37-17-5-2-6-18-37)38-19-13-14-35(30-38)48-43-31-42(33-25-27-34(28-26-33)45-32-51-29-12-11-24-46(51)49-45)39-20-7-8-21-40(39)47(43)41-22-9-10-23-44(41)50-48/h1-32H. The van der Waals surface area contributed by atoms with Gasteiger partial charge in [0.1, 0.15) is 5.65 Å². The highest BCUT2D eigenvalue weighted by Gasteiger charge is 2.20. The van der Waals surface area contributed by atoms with E-state index in [4.69, 9.17) is 9.97 Å². The third-order valence-corrected chi connectivity index (χ3v) is 12.4. The van der Waals surface area contributed by atoms with Crippen LogP contribution in [0, 0.1) is 0 Å². The number of nitrogens with zero attached hydrogens (tertiary/aromatic N) is 3. The third kappa shape index (κ3) is 5.26. The molecular weight excluding hydrogens is 650 g/mol. The van der Waals surface area contributed by atoms with Gasteiger partial charge in [0.25, 0.3) is 0 Å². The number of fused-ring (bicyclic) bond motifs is 6. The maximum absolute atomic E-state index is 5.43. The van der Waals surface area contributed by atoms with Crippen LogP contribution in [0.2, 0.25) is 0 Å². The van der Waals surface area contributed by atoms with E-state index in [1.54, 1.807) is 0 Å². The van der Waals surface area contributed by atoms with Gasteiger partial charge in [-0.3, -0.25) is 0 Å². The van der Waals surface area contributed by atoms with Gasteiger partial charge in [0.2, 0.25) is 0 Å². The van der Waals surface area contributed by atoms with Crippen molar-refractivity contribution in [1.82, 2.24) is 14.4 Å². The van der Waals surface area contributed by atoms with E-state index in [0.717, 1.165) is 50.0 Å². The first-order valence-corrected chi connectivity index (χ1v) is 18.9. The van der Waals surface area contributed by atoms with Gasteiger partial charge in [-0.1, -0.05) is 152 Å². The fourth-order valence-electron chi connectivity index (χ4n) is 7.56. The monoisotopic (exact) mass is 681 g/mol. The van der Waals surface area contributed by atoms with Crippen molar-refractivity contribution in [3.63, 3.8) is 0 Å². The lowest BCUT2D eigenvalue weighted by molar-refractivity contribution is 1.19. The fourth-order valence-corrected chi connectivity index (χ4v) is 9.90. The molecule has 10 rings (SSSR count). The van der Waals surface area contributed by atoms with Gasteiger partial charge in [-0.15, -0.1) is 0 Å². The van der Waals surface area contributed by atoms with Crippen LogP contribution in [0.25, 0.3) is 71.7 Å². The summed E-state index contributed by atoms with van der Waals surface area (Å²) in [6, 6.07) is 65.6. The lowest BCUT2D eigenvalue weighted by Crippen LogP contribution is -2.20. The number of hydrogen-bond acceptors (Lipinski definition) is 2. The Morgan fingerprint density at radius 3 is 1.81 bits per heavy atom. The van der Waals surface area contributed by atoms with E-state index in [1.165, 1.54) is 37.6 Å². The highest BCUT2D eigenvalue weighted by molar-refractivity contribution is 7.79. The van der Waals surface area contributed by atoms with Crippen LogP contribution in [-0.4, -0.2) is 14.4 Å². The molecule has 244 valence electrons. The summed E-state index contributed by atoms with van der Waals surface area (Å²) in [6.07, 6.45) is 4.13. The molecule has 0 fully saturated rings. The Bertz CT molecular complexity index is 2820. The van der Waals surface area contributed by atoms with Crippen molar-refractivity contribution in [2.24, 2.45) is 0 Å². The minimum absolute atomic E-state index is 0.765. The zero-order valence-electron chi connectivity index (χ0n) is 28.3. The molecular formula is C48H32N3P. The maximum atomic E-state index is 5.43. The number of rotatable bonds is 6. The lowest BCUT2D eigenvalue weighted by atomic mass is 9.89. The molecule has 0 aliphatic carbocycles. The fraction of sp³-hybridized carbons (Fsp3) is 0. The second kappa shape index (κ2) is 12.7. The zero-order valence-corrected chi connectivity index (χ0v) is 29.2. The van der Waals surface area contributed by atoms with Crippen molar-refractivity contribution in [3.05, 3.63) is 194 Å². The summed E-state index contributed by atoms with van der Waals surface area (Å²) in [5, 5.41) is 9.97. The Balaban J connectivity index is 1.18. The molecule has 7 aromatic carbocycles. The van der Waals surface area contributed by atoms with E-state index < -0.39 is 7.92 Å². The molecule has 0 saturated heterocycles. The van der Waals surface area contributed by atoms with Gasteiger partial charge >= 0.3 is 0 Å². The molecule has 0 spiro atoms. The quantitative estimate of drug-likeness (QED) is 0.129. The maximum Gasteiger partial charge on any atom is 0.137 e. The summed E-state index contributed by atoms with van der Waals surface area (Å²) in [4.78, 5) is 10.3. The van der Waals surface area contributed by atoms with Crippen LogP contribution in [0.3, 0.4) is 0 Å². The van der Waals surface area contributed by atoms with Gasteiger partial charge in [0.15, 0.2) is 0 Å². The Morgan fingerprint density at radius 2 is 1.06 bits per heavy atom. The van der Waals surface area contributed by atoms with Crippen LogP contribution in [0.4, 0.5) is 0 Å². The molecule has 0 atom stereocenters. The molecule has 3 aromatic heterocycles. The van der Waals surface area contributed by atoms with Gasteiger partial charge in [-0.05, 0) is 76.1 Å². The lowest BCUT2D eigenvalue weighted by Gasteiger charge is -2.21. The predicted molar refractivity (Wildman–Crippen MR) is 221 cm³/mol. The van der Waals surface area contributed by atoms with Crippen LogP contribution in [0.15, 0.2) is 194 Å². The first kappa shape index (κ1) is 30.4. The Morgan fingerprint density at radius 1 is 0.423 bits per heavy atom. The van der Waals surface area contributed by atoms with Crippen LogP contribution >= 0.6 is 7.92 Å². The average Bonchev–Trinajstić information content (AvgIpc) is 3.66. The number of para-hydroxylation sites is 1. The van der Waals surface area contributed by atoms with E-state index in [1.807, 2.05) is 24.4 Å². The Kier molecular flexibility index (Phi) is 7.44. The Hall–Kier alpha value is -6.41. The molecule has 0 saturated carbocycles. The van der Waals surface area contributed by atoms with Gasteiger partial charge < -0.3 is 4.40 Å². The van der Waals surface area contributed by atoms with Crippen molar-refractivity contribution >= 4 is 61.9 Å². The molecule has 4 heteroatoms. The summed E-state index contributed by atoms with van der Waals surface area (Å²) in [5.74, 6) is 0. The SMILES string of the molecule is c1ccc(P(c2ccccc2)c2cccc(-c3nc4ccccc4c4c3cc(-c3ccc(-c5cn6ccccc6n5)cc3)c3ccccc34)c2)cc1. The van der Waals surface area contributed by atoms with Crippen molar-refractivity contribution in [3.8, 4) is 33.6 Å². The minimum Gasteiger partial charge on any atom is -0.306 e. The van der Waals surface area contributed by atoms with E-state index in [-0.39, 0.29) is 0 Å². The molecule has 3 heterocycles. The highest BCUT2D eigenvalue weighted by Crippen LogP contribution is 2.42. The summed E-state index contributed by atoms with van der Waals surface area (Å²) in [7, 11) is -0.765. The van der Waals surface area contributed by atoms with E-state index in [0.29, 0.717) is 0 Å². The zero-order chi connectivity index (χ0) is 34.4. The van der Waals surface area contributed by atoms with Crippen LogP contribution in [-0.2, 0) is 0 Å². The largest absolute Gasteiger partial charge is 0.306 e. The number of aromatic nitrogens is 3. The molecule has 0 unspecified atom stereocenters. The highest BCUT2D eigenvalue weighted by atomic mass is 31.1. The summed E-state index contributed by atoms with van der Waals surface area (Å²) in [5.41, 5.74) is 8.47. The van der Waals surface area contributed by atoms with E-state index >= 15 is 0 Å². The van der Waals surface area contributed by atoms with E-state index in [9.17, 15) is 0 Å². The number of hydrogen-bond donors (Lipinski definition) is 0. The van der Waals surface area contributed by atoms with Gasteiger partial charge in [0.05, 0.1) is 16.9 Å². The molecule has 52 heavy (non-hydrogen) atoms. The molecule has 0 aliphatic heterocycles. The van der Waals surface area contributed by atoms with Crippen molar-refractivity contribution in [2.75, 3.05) is 0 Å². The molecule has 3 nitrogen and oxygen atoms in total. The van der Waals surface area contributed by atoms with Gasteiger partial charge in [-0.25, -0.2) is 9.97 Å². The number of imidazole rings is 1. The molecule has 0 amide bonds. The molecule has 0 radical (unpaired) electrons. The minimum atomic E-state index is -0.765. The number of pyridine rings is 2. The van der Waals surface area contributed by atoms with E-state index in [2.05, 4.69) is 174 Å². The van der Waals surface area contributed by atoms with Crippen molar-refractivity contribution in [2.45, 2.75) is 0 Å². The average molecular weight is 682 g/mol. The van der Waals surface area contributed by atoms with Crippen LogP contribution < -0.4 is 15.9 Å². The van der Waals surface area contributed by atoms with Crippen molar-refractivity contribution < 1.29 is 0 Å². The van der Waals surface area contributed by atoms with Gasteiger partial charge in [-0.2, -0.15) is 0 Å². The topological polar surface area (TPSA) is 30.2 Å². The van der Waals surface area contributed by atoms with Crippen LogP contribution in [0.1, 0.15) is 0 Å². The first-order valence-electron chi connectivity index (χ1n) is 17.6. The molecule has 0 bridgehead atoms. The second-order valence-corrected chi connectivity index (χ2v) is 15.3. The molecule has 10 aromatic rings. The summed E-state index contributed by atoms with van der Waals surface area (Å²) in [6.45, 7) is 0. The molecule has 0 aliphatic rings. The Labute approximate surface area is 303 Å². The van der Waals surface area contributed by atoms with Crippen LogP contribution in [0.5, 0.6) is 0 Å². The first-order chi connectivity index (χ1) is 25.8. The number of benzene rings is 7. The second-order valence-electron chi connectivity index (χ2n) is 13.1. The summed E-state index contributed by atoms with van der Waals surface area (Å²) < 4.78 is 2.07.